The van der Waals surface area contributed by atoms with Crippen LogP contribution in [0.2, 0.25) is 10.0 Å². The quantitative estimate of drug-likeness (QED) is 0.813. The first-order chi connectivity index (χ1) is 12.5. The number of aromatic nitrogens is 1. The second kappa shape index (κ2) is 8.49. The fourth-order valence-electron chi connectivity index (χ4n) is 2.58. The molecular weight excluding hydrogens is 377 g/mol. The van der Waals surface area contributed by atoms with Crippen molar-refractivity contribution >= 4 is 40.7 Å². The Balaban J connectivity index is 1.64. The summed E-state index contributed by atoms with van der Waals surface area (Å²) in [6.07, 6.45) is 3.40. The molecule has 2 amide bonds. The van der Waals surface area contributed by atoms with Crippen molar-refractivity contribution < 1.29 is 14.3 Å². The van der Waals surface area contributed by atoms with Crippen LogP contribution in [0.1, 0.15) is 33.7 Å². The van der Waals surface area contributed by atoms with Gasteiger partial charge < -0.3 is 15.4 Å². The van der Waals surface area contributed by atoms with Crippen LogP contribution in [0, 0.1) is 0 Å². The predicted octanol–water partition coefficient (Wildman–Crippen LogP) is 3.55. The molecule has 3 rings (SSSR count). The van der Waals surface area contributed by atoms with E-state index in [9.17, 15) is 9.59 Å². The highest BCUT2D eigenvalue weighted by Crippen LogP contribution is 2.25. The lowest BCUT2D eigenvalue weighted by molar-refractivity contribution is 0.0853. The van der Waals surface area contributed by atoms with E-state index >= 15 is 0 Å². The Morgan fingerprint density at radius 1 is 1.15 bits per heavy atom. The van der Waals surface area contributed by atoms with E-state index < -0.39 is 0 Å². The number of hydrogen-bond donors (Lipinski definition) is 2. The Morgan fingerprint density at radius 3 is 2.73 bits per heavy atom. The van der Waals surface area contributed by atoms with Crippen molar-refractivity contribution in [3.63, 3.8) is 0 Å². The molecule has 1 aromatic carbocycles. The smallest absolute Gasteiger partial charge is 0.269 e. The topological polar surface area (TPSA) is 80.3 Å². The van der Waals surface area contributed by atoms with E-state index in [0.29, 0.717) is 27.8 Å². The number of nitrogens with one attached hydrogen (secondary N) is 2. The SMILES string of the molecule is O=C(Nc1ccc(Cl)c(Cl)c1)c1ccnc(C(=O)NCC2CCCO2)c1. The van der Waals surface area contributed by atoms with Crippen LogP contribution < -0.4 is 10.6 Å². The Hall–Kier alpha value is -2.15. The zero-order chi connectivity index (χ0) is 18.5. The minimum absolute atomic E-state index is 0.0417. The van der Waals surface area contributed by atoms with E-state index in [0.717, 1.165) is 19.4 Å². The number of hydrogen-bond acceptors (Lipinski definition) is 4. The van der Waals surface area contributed by atoms with Gasteiger partial charge in [0.2, 0.25) is 0 Å². The van der Waals surface area contributed by atoms with Crippen LogP contribution >= 0.6 is 23.2 Å². The van der Waals surface area contributed by atoms with E-state index in [4.69, 9.17) is 27.9 Å². The average Bonchev–Trinajstić information content (AvgIpc) is 3.16. The van der Waals surface area contributed by atoms with Crippen LogP contribution in [-0.2, 0) is 4.74 Å². The first-order valence-electron chi connectivity index (χ1n) is 8.15. The van der Waals surface area contributed by atoms with Gasteiger partial charge in [0.05, 0.1) is 16.1 Å². The van der Waals surface area contributed by atoms with Gasteiger partial charge in [0.25, 0.3) is 11.8 Å². The number of nitrogens with zero attached hydrogens (tertiary/aromatic N) is 1. The van der Waals surface area contributed by atoms with Crippen LogP contribution in [-0.4, -0.2) is 36.1 Å². The molecule has 2 heterocycles. The Labute approximate surface area is 160 Å². The third-order valence-corrected chi connectivity index (χ3v) is 4.69. The molecule has 1 unspecified atom stereocenters. The van der Waals surface area contributed by atoms with Crippen molar-refractivity contribution in [3.05, 3.63) is 57.8 Å². The Morgan fingerprint density at radius 2 is 2.00 bits per heavy atom. The molecular formula is C18H17Cl2N3O3. The lowest BCUT2D eigenvalue weighted by Gasteiger charge is -2.11. The van der Waals surface area contributed by atoms with Gasteiger partial charge in [-0.1, -0.05) is 23.2 Å². The third-order valence-electron chi connectivity index (χ3n) is 3.95. The van der Waals surface area contributed by atoms with Crippen LogP contribution in [0.25, 0.3) is 0 Å². The van der Waals surface area contributed by atoms with Gasteiger partial charge in [-0.05, 0) is 43.2 Å². The van der Waals surface area contributed by atoms with Gasteiger partial charge in [0.1, 0.15) is 5.69 Å². The molecule has 0 radical (unpaired) electrons. The number of rotatable bonds is 5. The third kappa shape index (κ3) is 4.72. The normalized spacial score (nSPS) is 16.3. The number of carbonyl (C=O) groups is 2. The Kier molecular flexibility index (Phi) is 6.08. The number of halogens is 2. The number of benzene rings is 1. The molecule has 2 N–H and O–H groups in total. The summed E-state index contributed by atoms with van der Waals surface area (Å²) in [6.45, 7) is 1.16. The molecule has 0 bridgehead atoms. The maximum absolute atomic E-state index is 12.4. The van der Waals surface area contributed by atoms with Crippen molar-refractivity contribution in [2.24, 2.45) is 0 Å². The molecule has 26 heavy (non-hydrogen) atoms. The summed E-state index contributed by atoms with van der Waals surface area (Å²) in [6, 6.07) is 7.76. The molecule has 136 valence electrons. The van der Waals surface area contributed by atoms with Gasteiger partial charge in [0.15, 0.2) is 0 Å². The molecule has 1 aliphatic rings. The van der Waals surface area contributed by atoms with E-state index in [1.807, 2.05) is 0 Å². The summed E-state index contributed by atoms with van der Waals surface area (Å²) < 4.78 is 5.47. The van der Waals surface area contributed by atoms with E-state index in [1.54, 1.807) is 18.2 Å². The van der Waals surface area contributed by atoms with E-state index in [1.165, 1.54) is 18.3 Å². The second-order valence-electron chi connectivity index (χ2n) is 5.86. The number of ether oxygens (including phenoxy) is 1. The molecule has 1 fully saturated rings. The number of anilines is 1. The number of amides is 2. The minimum Gasteiger partial charge on any atom is -0.376 e. The molecule has 1 saturated heterocycles. The lowest BCUT2D eigenvalue weighted by atomic mass is 10.2. The van der Waals surface area contributed by atoms with Gasteiger partial charge in [0, 0.05) is 30.6 Å². The molecule has 2 aromatic rings. The van der Waals surface area contributed by atoms with Gasteiger partial charge in [-0.3, -0.25) is 14.6 Å². The summed E-state index contributed by atoms with van der Waals surface area (Å²) in [5.41, 5.74) is 0.990. The average molecular weight is 394 g/mol. The summed E-state index contributed by atoms with van der Waals surface area (Å²) in [5.74, 6) is -0.719. The van der Waals surface area contributed by atoms with Gasteiger partial charge in [-0.25, -0.2) is 0 Å². The van der Waals surface area contributed by atoms with Crippen molar-refractivity contribution in [2.75, 3.05) is 18.5 Å². The van der Waals surface area contributed by atoms with Crippen LogP contribution in [0.5, 0.6) is 0 Å². The minimum atomic E-state index is -0.376. The molecule has 1 aromatic heterocycles. The van der Waals surface area contributed by atoms with Gasteiger partial charge in [-0.2, -0.15) is 0 Å². The van der Waals surface area contributed by atoms with E-state index in [-0.39, 0.29) is 23.6 Å². The van der Waals surface area contributed by atoms with Crippen LogP contribution in [0.15, 0.2) is 36.5 Å². The maximum Gasteiger partial charge on any atom is 0.269 e. The standard InChI is InChI=1S/C18H17Cl2N3O3/c19-14-4-3-12(9-15(14)20)23-17(24)11-5-6-21-16(8-11)18(25)22-10-13-2-1-7-26-13/h3-6,8-9,13H,1-2,7,10H2,(H,22,25)(H,23,24). The van der Waals surface area contributed by atoms with E-state index in [2.05, 4.69) is 15.6 Å². The Bertz CT molecular complexity index is 823. The second-order valence-corrected chi connectivity index (χ2v) is 6.67. The molecule has 1 atom stereocenters. The maximum atomic E-state index is 12.4. The van der Waals surface area contributed by atoms with Gasteiger partial charge in [-0.15, -0.1) is 0 Å². The largest absolute Gasteiger partial charge is 0.376 e. The van der Waals surface area contributed by atoms with Crippen molar-refractivity contribution in [3.8, 4) is 0 Å². The zero-order valence-electron chi connectivity index (χ0n) is 13.8. The molecule has 0 saturated carbocycles. The summed E-state index contributed by atoms with van der Waals surface area (Å²) in [5, 5.41) is 6.23. The summed E-state index contributed by atoms with van der Waals surface area (Å²) >= 11 is 11.8. The molecule has 6 nitrogen and oxygen atoms in total. The van der Waals surface area contributed by atoms with Crippen molar-refractivity contribution in [1.82, 2.24) is 10.3 Å². The fourth-order valence-corrected chi connectivity index (χ4v) is 2.87. The highest BCUT2D eigenvalue weighted by molar-refractivity contribution is 6.42. The van der Waals surface area contributed by atoms with Crippen molar-refractivity contribution in [2.45, 2.75) is 18.9 Å². The van der Waals surface area contributed by atoms with Crippen molar-refractivity contribution in [1.29, 1.82) is 0 Å². The molecule has 0 spiro atoms. The number of pyridine rings is 1. The highest BCUT2D eigenvalue weighted by Gasteiger charge is 2.18. The first-order valence-corrected chi connectivity index (χ1v) is 8.91. The predicted molar refractivity (Wildman–Crippen MR) is 100.0 cm³/mol. The molecule has 8 heteroatoms. The monoisotopic (exact) mass is 393 g/mol. The lowest BCUT2D eigenvalue weighted by Crippen LogP contribution is -2.32. The molecule has 1 aliphatic heterocycles. The van der Waals surface area contributed by atoms with Gasteiger partial charge >= 0.3 is 0 Å². The van der Waals surface area contributed by atoms with Crippen LogP contribution in [0.4, 0.5) is 5.69 Å². The summed E-state index contributed by atoms with van der Waals surface area (Å²) in [7, 11) is 0. The zero-order valence-corrected chi connectivity index (χ0v) is 15.3. The molecule has 0 aliphatic carbocycles. The summed E-state index contributed by atoms with van der Waals surface area (Å²) in [4.78, 5) is 28.6. The highest BCUT2D eigenvalue weighted by atomic mass is 35.5. The fraction of sp³-hybridized carbons (Fsp3) is 0.278. The number of carbonyl (C=O) groups excluding carboxylic acids is 2. The first kappa shape index (κ1) is 18.6. The van der Waals surface area contributed by atoms with Crippen LogP contribution in [0.3, 0.4) is 0 Å².